The number of halogens is 2. The number of nitrogens with zero attached hydrogens (tertiary/aromatic N) is 1. The van der Waals surface area contributed by atoms with Crippen molar-refractivity contribution in [2.45, 2.75) is 32.2 Å². The fourth-order valence-electron chi connectivity index (χ4n) is 2.29. The maximum Gasteiger partial charge on any atom is 0.239 e. The summed E-state index contributed by atoms with van der Waals surface area (Å²) in [6.07, 6.45) is 3.46. The fourth-order valence-corrected chi connectivity index (χ4v) is 2.77. The van der Waals surface area contributed by atoms with Gasteiger partial charge in [-0.2, -0.15) is 0 Å². The van der Waals surface area contributed by atoms with E-state index in [9.17, 15) is 9.59 Å². The van der Waals surface area contributed by atoms with Gasteiger partial charge in [0.25, 0.3) is 0 Å². The van der Waals surface area contributed by atoms with E-state index >= 15 is 0 Å². The van der Waals surface area contributed by atoms with Gasteiger partial charge in [0.15, 0.2) is 0 Å². The molecule has 1 fully saturated rings. The van der Waals surface area contributed by atoms with Gasteiger partial charge in [-0.25, -0.2) is 0 Å². The summed E-state index contributed by atoms with van der Waals surface area (Å²) in [6, 6.07) is 5.15. The number of rotatable bonds is 4. The minimum absolute atomic E-state index is 0.0622. The summed E-state index contributed by atoms with van der Waals surface area (Å²) in [5.74, 6) is -0.108. The zero-order valence-electron chi connectivity index (χ0n) is 11.7. The molecular weight excluding hydrogens is 311 g/mol. The van der Waals surface area contributed by atoms with Crippen LogP contribution in [0.25, 0.3) is 0 Å². The normalized spacial score (nSPS) is 15.7. The Hall–Kier alpha value is -1.26. The van der Waals surface area contributed by atoms with Crippen LogP contribution >= 0.6 is 23.2 Å². The first-order valence-electron chi connectivity index (χ1n) is 7.04. The molecule has 2 rings (SSSR count). The summed E-state index contributed by atoms with van der Waals surface area (Å²) in [5, 5.41) is 3.87. The molecule has 0 aromatic heterocycles. The first-order valence-corrected chi connectivity index (χ1v) is 7.80. The molecule has 0 atom stereocenters. The molecule has 0 bridgehead atoms. The van der Waals surface area contributed by atoms with Gasteiger partial charge in [0.05, 0.1) is 6.54 Å². The van der Waals surface area contributed by atoms with Crippen LogP contribution in [0.5, 0.6) is 0 Å². The first-order chi connectivity index (χ1) is 10.1. The van der Waals surface area contributed by atoms with E-state index in [1.54, 1.807) is 23.1 Å². The topological polar surface area (TPSA) is 49.4 Å². The van der Waals surface area contributed by atoms with Gasteiger partial charge in [0.2, 0.25) is 11.8 Å². The number of amides is 2. The summed E-state index contributed by atoms with van der Waals surface area (Å²) >= 11 is 11.9. The van der Waals surface area contributed by atoms with E-state index in [0.29, 0.717) is 29.6 Å². The van der Waals surface area contributed by atoms with Crippen molar-refractivity contribution in [2.75, 3.05) is 13.1 Å². The van der Waals surface area contributed by atoms with Gasteiger partial charge in [0.1, 0.15) is 0 Å². The van der Waals surface area contributed by atoms with Gasteiger partial charge in [-0.15, -0.1) is 0 Å². The Kier molecular flexibility index (Phi) is 5.88. The van der Waals surface area contributed by atoms with Crippen LogP contribution in [0.4, 0.5) is 0 Å². The van der Waals surface area contributed by atoms with Crippen LogP contribution in [0.3, 0.4) is 0 Å². The molecule has 1 saturated heterocycles. The standard InChI is InChI=1S/C15H18Cl2N2O2/c16-12-6-5-11(13(17)8-12)9-18-14(20)10-19-7-3-1-2-4-15(19)21/h5-6,8H,1-4,7,9-10H2,(H,18,20). The minimum atomic E-state index is -0.170. The maximum atomic E-state index is 11.9. The van der Waals surface area contributed by atoms with Crippen molar-refractivity contribution in [1.82, 2.24) is 10.2 Å². The number of carbonyl (C=O) groups is 2. The molecule has 1 aliphatic heterocycles. The number of nitrogens with one attached hydrogen (secondary N) is 1. The lowest BCUT2D eigenvalue weighted by Gasteiger charge is -2.19. The van der Waals surface area contributed by atoms with Crippen LogP contribution in [0.2, 0.25) is 10.0 Å². The first kappa shape index (κ1) is 16.1. The molecule has 21 heavy (non-hydrogen) atoms. The van der Waals surface area contributed by atoms with Gasteiger partial charge in [-0.3, -0.25) is 9.59 Å². The third-order valence-corrected chi connectivity index (χ3v) is 4.08. The van der Waals surface area contributed by atoms with E-state index in [1.165, 1.54) is 0 Å². The summed E-state index contributed by atoms with van der Waals surface area (Å²) in [7, 11) is 0. The van der Waals surface area contributed by atoms with Crippen LogP contribution in [0.1, 0.15) is 31.2 Å². The average Bonchev–Trinajstić information content (AvgIpc) is 2.63. The lowest BCUT2D eigenvalue weighted by Crippen LogP contribution is -2.40. The number of hydrogen-bond acceptors (Lipinski definition) is 2. The number of benzene rings is 1. The molecule has 2 amide bonds. The second kappa shape index (κ2) is 7.66. The quantitative estimate of drug-likeness (QED) is 0.923. The smallest absolute Gasteiger partial charge is 0.239 e. The third-order valence-electron chi connectivity index (χ3n) is 3.50. The molecule has 0 spiro atoms. The monoisotopic (exact) mass is 328 g/mol. The summed E-state index contributed by atoms with van der Waals surface area (Å²) in [5.41, 5.74) is 0.802. The van der Waals surface area contributed by atoms with Gasteiger partial charge in [-0.05, 0) is 30.5 Å². The largest absolute Gasteiger partial charge is 0.350 e. The molecule has 1 aliphatic rings. The number of hydrogen-bond donors (Lipinski definition) is 1. The van der Waals surface area contributed by atoms with Crippen LogP contribution in [-0.4, -0.2) is 29.8 Å². The van der Waals surface area contributed by atoms with Crippen LogP contribution < -0.4 is 5.32 Å². The zero-order valence-corrected chi connectivity index (χ0v) is 13.2. The SMILES string of the molecule is O=C(CN1CCCCCC1=O)NCc1ccc(Cl)cc1Cl. The van der Waals surface area contributed by atoms with Gasteiger partial charge >= 0.3 is 0 Å². The Balaban J connectivity index is 1.85. The highest BCUT2D eigenvalue weighted by molar-refractivity contribution is 6.35. The Bertz CT molecular complexity index is 534. The van der Waals surface area contributed by atoms with Crippen molar-refractivity contribution in [2.24, 2.45) is 0 Å². The highest BCUT2D eigenvalue weighted by atomic mass is 35.5. The molecule has 1 heterocycles. The number of carbonyl (C=O) groups excluding carboxylic acids is 2. The molecule has 0 unspecified atom stereocenters. The van der Waals surface area contributed by atoms with Crippen molar-refractivity contribution in [1.29, 1.82) is 0 Å². The van der Waals surface area contributed by atoms with E-state index < -0.39 is 0 Å². The van der Waals surface area contributed by atoms with Crippen molar-refractivity contribution >= 4 is 35.0 Å². The molecule has 0 radical (unpaired) electrons. The molecule has 1 aromatic rings. The van der Waals surface area contributed by atoms with Gasteiger partial charge in [-0.1, -0.05) is 35.7 Å². The van der Waals surface area contributed by atoms with Crippen molar-refractivity contribution in [3.63, 3.8) is 0 Å². The highest BCUT2D eigenvalue weighted by Gasteiger charge is 2.19. The zero-order chi connectivity index (χ0) is 15.2. The second-order valence-electron chi connectivity index (χ2n) is 5.14. The molecule has 1 N–H and O–H groups in total. The van der Waals surface area contributed by atoms with E-state index in [1.807, 2.05) is 0 Å². The van der Waals surface area contributed by atoms with Crippen molar-refractivity contribution in [3.8, 4) is 0 Å². The van der Waals surface area contributed by atoms with E-state index in [2.05, 4.69) is 5.32 Å². The average molecular weight is 329 g/mol. The Morgan fingerprint density at radius 2 is 2.05 bits per heavy atom. The fraction of sp³-hybridized carbons (Fsp3) is 0.467. The summed E-state index contributed by atoms with van der Waals surface area (Å²) < 4.78 is 0. The Morgan fingerprint density at radius 1 is 1.24 bits per heavy atom. The van der Waals surface area contributed by atoms with E-state index in [-0.39, 0.29) is 18.4 Å². The Labute approximate surface area is 134 Å². The molecular formula is C15H18Cl2N2O2. The predicted octanol–water partition coefficient (Wildman–Crippen LogP) is 3.01. The predicted molar refractivity (Wildman–Crippen MR) is 83.4 cm³/mol. The molecule has 0 saturated carbocycles. The highest BCUT2D eigenvalue weighted by Crippen LogP contribution is 2.20. The van der Waals surface area contributed by atoms with Crippen LogP contribution in [0, 0.1) is 0 Å². The maximum absolute atomic E-state index is 11.9. The summed E-state index contributed by atoms with van der Waals surface area (Å²) in [6.45, 7) is 1.11. The van der Waals surface area contributed by atoms with Crippen molar-refractivity contribution in [3.05, 3.63) is 33.8 Å². The lowest BCUT2D eigenvalue weighted by molar-refractivity contribution is -0.135. The minimum Gasteiger partial charge on any atom is -0.350 e. The Morgan fingerprint density at radius 3 is 2.81 bits per heavy atom. The molecule has 6 heteroatoms. The molecule has 4 nitrogen and oxygen atoms in total. The number of likely N-dealkylation sites (tertiary alicyclic amines) is 1. The molecule has 1 aromatic carbocycles. The lowest BCUT2D eigenvalue weighted by atomic mass is 10.2. The second-order valence-corrected chi connectivity index (χ2v) is 5.98. The van der Waals surface area contributed by atoms with Crippen molar-refractivity contribution < 1.29 is 9.59 Å². The van der Waals surface area contributed by atoms with E-state index in [4.69, 9.17) is 23.2 Å². The van der Waals surface area contributed by atoms with Gasteiger partial charge in [0, 0.05) is 29.6 Å². The van der Waals surface area contributed by atoms with E-state index in [0.717, 1.165) is 24.8 Å². The third kappa shape index (κ3) is 4.90. The van der Waals surface area contributed by atoms with Gasteiger partial charge < -0.3 is 10.2 Å². The van der Waals surface area contributed by atoms with Crippen LogP contribution in [-0.2, 0) is 16.1 Å². The summed E-state index contributed by atoms with van der Waals surface area (Å²) in [4.78, 5) is 25.4. The molecule has 114 valence electrons. The molecule has 0 aliphatic carbocycles. The van der Waals surface area contributed by atoms with Crippen LogP contribution in [0.15, 0.2) is 18.2 Å².